The fourth-order valence-electron chi connectivity index (χ4n) is 5.10. The van der Waals surface area contributed by atoms with Crippen LogP contribution in [0.15, 0.2) is 103 Å². The van der Waals surface area contributed by atoms with Crippen molar-refractivity contribution in [3.63, 3.8) is 0 Å². The highest BCUT2D eigenvalue weighted by atomic mass is 16.1. The summed E-state index contributed by atoms with van der Waals surface area (Å²) in [6.45, 7) is 24.9. The molecule has 43 heavy (non-hydrogen) atoms. The molecule has 232 valence electrons. The summed E-state index contributed by atoms with van der Waals surface area (Å²) in [5, 5.41) is 6.45. The quantitative estimate of drug-likeness (QED) is 0.186. The number of nitrogens with one attached hydrogen (secondary N) is 2. The Kier molecular flexibility index (Phi) is 15.0. The summed E-state index contributed by atoms with van der Waals surface area (Å²) < 4.78 is 0. The fraction of sp³-hybridized carbons (Fsp3) is 0.425. The van der Waals surface area contributed by atoms with E-state index in [4.69, 9.17) is 0 Å². The van der Waals surface area contributed by atoms with Gasteiger partial charge in [0, 0.05) is 18.2 Å². The first kappa shape index (κ1) is 35.6. The summed E-state index contributed by atoms with van der Waals surface area (Å²) in [5.41, 5.74) is 8.43. The molecule has 0 aromatic heterocycles. The minimum absolute atomic E-state index is 0.0864. The van der Waals surface area contributed by atoms with Crippen molar-refractivity contribution in [3.8, 4) is 11.1 Å². The molecule has 0 spiro atoms. The Morgan fingerprint density at radius 2 is 1.44 bits per heavy atom. The number of carbonyl (C=O) groups excluding carboxylic acids is 1. The highest BCUT2D eigenvalue weighted by Crippen LogP contribution is 2.29. The number of aryl methyl sites for hydroxylation is 2. The minimum atomic E-state index is -0.0912. The predicted molar refractivity (Wildman–Crippen MR) is 187 cm³/mol. The van der Waals surface area contributed by atoms with Crippen LogP contribution >= 0.6 is 0 Å². The Hall–Kier alpha value is -3.59. The van der Waals surface area contributed by atoms with Crippen molar-refractivity contribution >= 4 is 5.91 Å². The Labute approximate surface area is 262 Å². The lowest BCUT2D eigenvalue weighted by atomic mass is 9.83. The molecule has 3 aromatic rings. The van der Waals surface area contributed by atoms with Crippen LogP contribution < -0.4 is 10.6 Å². The Balaban J connectivity index is 0.00000151. The van der Waals surface area contributed by atoms with E-state index in [1.54, 1.807) is 0 Å². The first-order valence-corrected chi connectivity index (χ1v) is 15.9. The van der Waals surface area contributed by atoms with E-state index in [1.165, 1.54) is 27.8 Å². The zero-order chi connectivity index (χ0) is 31.8. The number of carbonyl (C=O) groups is 1. The van der Waals surface area contributed by atoms with E-state index < -0.39 is 0 Å². The van der Waals surface area contributed by atoms with Gasteiger partial charge >= 0.3 is 0 Å². The van der Waals surface area contributed by atoms with Crippen molar-refractivity contribution in [1.29, 1.82) is 0 Å². The van der Waals surface area contributed by atoms with Gasteiger partial charge in [0.1, 0.15) is 0 Å². The topological polar surface area (TPSA) is 41.1 Å². The molecule has 1 amide bonds. The number of hydrogen-bond donors (Lipinski definition) is 2. The van der Waals surface area contributed by atoms with E-state index in [0.717, 1.165) is 49.3 Å². The molecule has 1 atom stereocenters. The molecule has 0 saturated carbocycles. The van der Waals surface area contributed by atoms with E-state index in [9.17, 15) is 4.79 Å². The van der Waals surface area contributed by atoms with Crippen LogP contribution in [0.25, 0.3) is 11.1 Å². The van der Waals surface area contributed by atoms with Crippen LogP contribution in [0, 0.1) is 24.2 Å². The van der Waals surface area contributed by atoms with Crippen LogP contribution in [-0.4, -0.2) is 12.5 Å². The van der Waals surface area contributed by atoms with Crippen molar-refractivity contribution < 1.29 is 4.79 Å². The largest absolute Gasteiger partial charge is 0.383 e. The number of rotatable bonds is 14. The third-order valence-corrected chi connectivity index (χ3v) is 6.94. The van der Waals surface area contributed by atoms with Gasteiger partial charge in [-0.25, -0.2) is 0 Å². The van der Waals surface area contributed by atoms with Gasteiger partial charge in [-0.1, -0.05) is 139 Å². The van der Waals surface area contributed by atoms with E-state index in [1.807, 2.05) is 24.3 Å². The molecule has 0 aliphatic carbocycles. The lowest BCUT2D eigenvalue weighted by molar-refractivity contribution is -0.125. The maximum atomic E-state index is 13.3. The van der Waals surface area contributed by atoms with Crippen LogP contribution in [0.2, 0.25) is 0 Å². The van der Waals surface area contributed by atoms with Gasteiger partial charge in [0.2, 0.25) is 5.91 Å². The molecule has 0 saturated heterocycles. The number of allylic oxidation sites excluding steroid dienone is 1. The van der Waals surface area contributed by atoms with Crippen LogP contribution in [-0.2, 0) is 17.8 Å². The van der Waals surface area contributed by atoms with Gasteiger partial charge in [0.25, 0.3) is 0 Å². The monoisotopic (exact) mass is 580 g/mol. The van der Waals surface area contributed by atoms with Crippen molar-refractivity contribution in [3.05, 3.63) is 120 Å². The maximum absolute atomic E-state index is 13.3. The molecular weight excluding hydrogens is 524 g/mol. The number of benzene rings is 3. The molecule has 0 bridgehead atoms. The SMILES string of the molecule is C=C(CC(CCCc1ccc(-c2ccccc2)c(C)c1)C(=O)NCC(=C)NCc1ccccc1)CC(C)(C)C.CC(C)C. The molecule has 0 aliphatic rings. The Bertz CT molecular complexity index is 1270. The van der Waals surface area contributed by atoms with Crippen molar-refractivity contribution in [2.24, 2.45) is 17.3 Å². The van der Waals surface area contributed by atoms with E-state index in [2.05, 4.69) is 127 Å². The fourth-order valence-corrected chi connectivity index (χ4v) is 5.10. The molecule has 0 heterocycles. The number of hydrogen-bond acceptors (Lipinski definition) is 2. The zero-order valence-electron chi connectivity index (χ0n) is 27.9. The molecule has 3 heteroatoms. The second-order valence-corrected chi connectivity index (χ2v) is 13.7. The lowest BCUT2D eigenvalue weighted by Crippen LogP contribution is -2.35. The van der Waals surface area contributed by atoms with Crippen molar-refractivity contribution in [2.45, 2.75) is 87.1 Å². The summed E-state index contributed by atoms with van der Waals surface area (Å²) in [6.07, 6.45) is 4.38. The highest BCUT2D eigenvalue weighted by Gasteiger charge is 2.22. The molecule has 1 unspecified atom stereocenters. The second kappa shape index (κ2) is 18.2. The molecule has 3 rings (SSSR count). The van der Waals surface area contributed by atoms with Crippen LogP contribution in [0.5, 0.6) is 0 Å². The Morgan fingerprint density at radius 1 is 0.837 bits per heavy atom. The molecule has 2 N–H and O–H groups in total. The summed E-state index contributed by atoms with van der Waals surface area (Å²) in [4.78, 5) is 13.3. The third kappa shape index (κ3) is 14.9. The Morgan fingerprint density at radius 3 is 2.02 bits per heavy atom. The zero-order valence-corrected chi connectivity index (χ0v) is 27.9. The molecular formula is C40H56N2O. The van der Waals surface area contributed by atoms with Gasteiger partial charge in [-0.05, 0) is 78.2 Å². The summed E-state index contributed by atoms with van der Waals surface area (Å²) >= 11 is 0. The van der Waals surface area contributed by atoms with E-state index in [0.29, 0.717) is 13.1 Å². The summed E-state index contributed by atoms with van der Waals surface area (Å²) in [7, 11) is 0. The molecule has 0 fully saturated rings. The first-order valence-electron chi connectivity index (χ1n) is 15.9. The van der Waals surface area contributed by atoms with Crippen LogP contribution in [0.3, 0.4) is 0 Å². The van der Waals surface area contributed by atoms with Gasteiger partial charge < -0.3 is 10.6 Å². The molecule has 3 nitrogen and oxygen atoms in total. The van der Waals surface area contributed by atoms with E-state index >= 15 is 0 Å². The second-order valence-electron chi connectivity index (χ2n) is 13.7. The smallest absolute Gasteiger partial charge is 0.223 e. The standard InChI is InChI=1S/C36H46N2O.C4H10/c1-27(24-36(4,5)6)22-33(35(39)38-25-29(3)37-26-31-14-9-7-10-15-31)19-13-16-30-20-21-34(28(2)23-30)32-17-11-8-12-18-32;1-4(2)3/h7-12,14-15,17-18,20-21,23,33,37H,1,3,13,16,19,22,24-26H2,2,4-6H3,(H,38,39);4H,1-3H3. The maximum Gasteiger partial charge on any atom is 0.223 e. The van der Waals surface area contributed by atoms with Gasteiger partial charge in [0.05, 0.1) is 6.54 Å². The van der Waals surface area contributed by atoms with Gasteiger partial charge in [-0.3, -0.25) is 4.79 Å². The highest BCUT2D eigenvalue weighted by molar-refractivity contribution is 5.79. The predicted octanol–water partition coefficient (Wildman–Crippen LogP) is 10.1. The van der Waals surface area contributed by atoms with Crippen molar-refractivity contribution in [2.75, 3.05) is 6.54 Å². The first-order chi connectivity index (χ1) is 20.3. The lowest BCUT2D eigenvalue weighted by Gasteiger charge is -2.23. The molecule has 0 aliphatic heterocycles. The average molecular weight is 581 g/mol. The van der Waals surface area contributed by atoms with Gasteiger partial charge in [-0.2, -0.15) is 0 Å². The molecule has 3 aromatic carbocycles. The van der Waals surface area contributed by atoms with E-state index in [-0.39, 0.29) is 17.2 Å². The van der Waals surface area contributed by atoms with Crippen molar-refractivity contribution in [1.82, 2.24) is 10.6 Å². The average Bonchev–Trinajstić information content (AvgIpc) is 2.94. The minimum Gasteiger partial charge on any atom is -0.383 e. The van der Waals surface area contributed by atoms with Gasteiger partial charge in [0.15, 0.2) is 0 Å². The summed E-state index contributed by atoms with van der Waals surface area (Å²) in [6, 6.07) is 27.5. The molecule has 0 radical (unpaired) electrons. The third-order valence-electron chi connectivity index (χ3n) is 6.94. The number of amides is 1. The van der Waals surface area contributed by atoms with Gasteiger partial charge in [-0.15, -0.1) is 0 Å². The van der Waals surface area contributed by atoms with Crippen LogP contribution in [0.1, 0.15) is 83.9 Å². The normalized spacial score (nSPS) is 11.7. The van der Waals surface area contributed by atoms with Crippen LogP contribution in [0.4, 0.5) is 0 Å². The summed E-state index contributed by atoms with van der Waals surface area (Å²) in [5.74, 6) is 0.829.